The highest BCUT2D eigenvalue weighted by Crippen LogP contribution is 2.25. The molecular weight excluding hydrogens is 1090 g/mol. The van der Waals surface area contributed by atoms with Crippen LogP contribution in [-0.4, -0.2) is 210 Å². The van der Waals surface area contributed by atoms with Crippen LogP contribution in [0.1, 0.15) is 149 Å². The highest BCUT2D eigenvalue weighted by molar-refractivity contribution is 6.02. The second-order valence-corrected chi connectivity index (χ2v) is 25.7. The third-order valence-corrected chi connectivity index (χ3v) is 15.5. The van der Waals surface area contributed by atoms with Crippen molar-refractivity contribution in [2.24, 2.45) is 41.4 Å². The predicted octanol–water partition coefficient (Wildman–Crippen LogP) is 4.59. The molecule has 0 bridgehead atoms. The van der Waals surface area contributed by atoms with E-state index in [9.17, 15) is 43.2 Å². The van der Waals surface area contributed by atoms with Gasteiger partial charge in [-0.05, 0) is 93.8 Å². The third-order valence-electron chi connectivity index (χ3n) is 15.5. The monoisotopic (exact) mass is 1200 g/mol. The number of carbonyl (C=O) groups is 11. The van der Waals surface area contributed by atoms with Gasteiger partial charge in [0.2, 0.25) is 59.1 Å². The van der Waals surface area contributed by atoms with Crippen LogP contribution in [0.15, 0.2) is 36.6 Å². The first-order valence-corrected chi connectivity index (χ1v) is 30.3. The van der Waals surface area contributed by atoms with E-state index in [1.807, 2.05) is 68.4 Å². The average Bonchev–Trinajstić information content (AvgIpc) is 3.58. The lowest BCUT2D eigenvalue weighted by molar-refractivity contribution is -0.154. The van der Waals surface area contributed by atoms with Crippen LogP contribution in [0.3, 0.4) is 0 Å². The maximum Gasteiger partial charge on any atom is 0.268 e. The molecule has 4 N–H and O–H groups in total. The second-order valence-electron chi connectivity index (χ2n) is 25.7. The number of carbonyl (C=O) groups excluding carboxylic acids is 11. The van der Waals surface area contributed by atoms with Crippen LogP contribution in [0, 0.1) is 41.4 Å². The van der Waals surface area contributed by atoms with Gasteiger partial charge in [0.25, 0.3) is 5.91 Å². The summed E-state index contributed by atoms with van der Waals surface area (Å²) in [6.07, 6.45) is 8.00. The number of amides is 11. The van der Waals surface area contributed by atoms with Gasteiger partial charge >= 0.3 is 0 Å². The molecule has 0 radical (unpaired) electrons. The van der Waals surface area contributed by atoms with Gasteiger partial charge in [0.15, 0.2) is 0 Å². The molecule has 85 heavy (non-hydrogen) atoms. The zero-order chi connectivity index (χ0) is 65.8. The lowest BCUT2D eigenvalue weighted by Gasteiger charge is -2.40. The van der Waals surface area contributed by atoms with Crippen molar-refractivity contribution in [3.05, 3.63) is 36.6 Å². The second kappa shape index (κ2) is 35.1. The molecule has 10 atom stereocenters. The fraction of sp³-hybridized carbons (Fsp3) is 0.730. The minimum Gasteiger partial charge on any atom is -0.343 e. The van der Waals surface area contributed by atoms with Crippen LogP contribution in [0.5, 0.6) is 0 Å². The Morgan fingerprint density at radius 3 is 1.39 bits per heavy atom. The van der Waals surface area contributed by atoms with E-state index >= 15 is 9.59 Å². The number of nitrogens with zero attached hydrogens (tertiary/aromatic N) is 7. The maximum atomic E-state index is 15.1. The van der Waals surface area contributed by atoms with Gasteiger partial charge in [0, 0.05) is 49.3 Å². The molecule has 1 fully saturated rings. The summed E-state index contributed by atoms with van der Waals surface area (Å²) in [4.78, 5) is 169. The van der Waals surface area contributed by atoms with E-state index in [0.717, 1.165) is 4.90 Å². The Morgan fingerprint density at radius 1 is 0.494 bits per heavy atom. The van der Waals surface area contributed by atoms with E-state index in [0.29, 0.717) is 6.42 Å². The number of allylic oxidation sites excluding steroid dienone is 4. The van der Waals surface area contributed by atoms with Crippen LogP contribution in [0.4, 0.5) is 0 Å². The quantitative estimate of drug-likeness (QED) is 0.130. The highest BCUT2D eigenvalue weighted by atomic mass is 16.2. The fourth-order valence-electron chi connectivity index (χ4n) is 10.3. The molecule has 11 amide bonds. The standard InChI is InChI=1S/C63H109N11O11/c1-25-27-28-29-42(15)34-48-56(78)66-45(26-2)59(81)68(18)35-51(75)69(19)46(30-36(3)4)57(79)67-52(40(11)12)62(84)70(20)47(31-37(5)6)55(77)64-43(16)54(76)65-44(17)58(80)72(22)49(32-38(7)8)60(82)73(23)50(33-39(9)10)61(83)74(24)53(41(13)14)63(85)71(48)21/h25,27-28,34,36-47,49-50,52-53H,1,26,29-33,35H2,2-24H3,(H,64,77)(H,65,76)(H,66,78)(H,67,79)/b28-27+,48-34+/t42-,43+,44-,45+,46+,47+,49+,50+,52+,53+/m1/s1. The molecule has 0 unspecified atom stereocenters. The van der Waals surface area contributed by atoms with Crippen molar-refractivity contribution in [1.29, 1.82) is 0 Å². The van der Waals surface area contributed by atoms with E-state index in [1.54, 1.807) is 52.8 Å². The SMILES string of the molecule is C=C/C=C/C[C@@H](C)/C=C1\C(=O)N[C@@H](CC)C(=O)N(C)CC(=O)N(C)[C@@H](CC(C)C)C(=O)N[C@@H](C(C)C)C(=O)N(C)[C@@H](CC(C)C)C(=O)N[C@@H](C)C(=O)N[C@H](C)C(=O)N(C)[C@@H](CC(C)C)C(=O)N(C)[C@@H](CC(C)C)C(=O)N(C)[C@@H](C(C)C)C(=O)N1C. The van der Waals surface area contributed by atoms with E-state index in [-0.39, 0.29) is 67.4 Å². The minimum atomic E-state index is -1.22. The van der Waals surface area contributed by atoms with Gasteiger partial charge in [-0.15, -0.1) is 0 Å². The van der Waals surface area contributed by atoms with Gasteiger partial charge in [-0.2, -0.15) is 0 Å². The number of likely N-dealkylation sites (N-methyl/N-ethyl adjacent to an activating group) is 7. The molecule has 22 heteroatoms. The van der Waals surface area contributed by atoms with Gasteiger partial charge in [-0.25, -0.2) is 0 Å². The molecule has 1 aliphatic rings. The van der Waals surface area contributed by atoms with Gasteiger partial charge in [-0.1, -0.05) is 128 Å². The topological polar surface area (TPSA) is 259 Å². The summed E-state index contributed by atoms with van der Waals surface area (Å²) in [6, 6.07) is -10.5. The molecule has 0 aromatic heterocycles. The van der Waals surface area contributed by atoms with Crippen molar-refractivity contribution >= 4 is 65.0 Å². The Labute approximate surface area is 509 Å². The van der Waals surface area contributed by atoms with Crippen molar-refractivity contribution in [3.8, 4) is 0 Å². The molecule has 1 saturated heterocycles. The molecule has 1 aliphatic heterocycles. The summed E-state index contributed by atoms with van der Waals surface area (Å²) in [5.41, 5.74) is -0.109. The molecular formula is C63H109N11O11. The molecule has 1 rings (SSSR count). The van der Waals surface area contributed by atoms with Crippen molar-refractivity contribution in [1.82, 2.24) is 55.6 Å². The summed E-state index contributed by atoms with van der Waals surface area (Å²) < 4.78 is 0. The Bertz CT molecular complexity index is 2400. The molecule has 482 valence electrons. The summed E-state index contributed by atoms with van der Waals surface area (Å²) in [5, 5.41) is 11.1. The van der Waals surface area contributed by atoms with E-state index in [4.69, 9.17) is 0 Å². The Kier molecular flexibility index (Phi) is 31.6. The molecule has 1 heterocycles. The van der Waals surface area contributed by atoms with Crippen LogP contribution in [-0.2, 0) is 52.7 Å². The number of nitrogens with one attached hydrogen (secondary N) is 4. The first kappa shape index (κ1) is 76.4. The summed E-state index contributed by atoms with van der Waals surface area (Å²) in [6.45, 7) is 31.6. The smallest absolute Gasteiger partial charge is 0.268 e. The van der Waals surface area contributed by atoms with Crippen molar-refractivity contribution in [2.75, 3.05) is 55.9 Å². The zero-order valence-corrected chi connectivity index (χ0v) is 55.8. The average molecular weight is 1200 g/mol. The highest BCUT2D eigenvalue weighted by Gasteiger charge is 2.43. The first-order valence-electron chi connectivity index (χ1n) is 30.3. The number of hydrogen-bond donors (Lipinski definition) is 4. The van der Waals surface area contributed by atoms with E-state index in [1.165, 1.54) is 92.6 Å². The Morgan fingerprint density at radius 2 is 0.929 bits per heavy atom. The van der Waals surface area contributed by atoms with Crippen LogP contribution >= 0.6 is 0 Å². The molecule has 0 saturated carbocycles. The Balaban J connectivity index is 4.32. The molecule has 0 aliphatic carbocycles. The third kappa shape index (κ3) is 22.3. The van der Waals surface area contributed by atoms with Gasteiger partial charge in [-0.3, -0.25) is 52.7 Å². The van der Waals surface area contributed by atoms with E-state index in [2.05, 4.69) is 27.8 Å². The van der Waals surface area contributed by atoms with Crippen molar-refractivity contribution in [3.63, 3.8) is 0 Å². The minimum absolute atomic E-state index is 0.0724. The maximum absolute atomic E-state index is 15.1. The number of rotatable bonds is 15. The summed E-state index contributed by atoms with van der Waals surface area (Å²) >= 11 is 0. The molecule has 0 aromatic carbocycles. The predicted molar refractivity (Wildman–Crippen MR) is 331 cm³/mol. The lowest BCUT2D eigenvalue weighted by atomic mass is 9.95. The van der Waals surface area contributed by atoms with Gasteiger partial charge in [0.1, 0.15) is 60.1 Å². The summed E-state index contributed by atoms with van der Waals surface area (Å²) in [5.74, 6) is -8.97. The fourth-order valence-corrected chi connectivity index (χ4v) is 10.3. The molecule has 0 aromatic rings. The van der Waals surface area contributed by atoms with Gasteiger partial charge < -0.3 is 55.6 Å². The number of hydrogen-bond acceptors (Lipinski definition) is 11. The van der Waals surface area contributed by atoms with Crippen LogP contribution in [0.25, 0.3) is 0 Å². The van der Waals surface area contributed by atoms with Crippen LogP contribution < -0.4 is 21.3 Å². The summed E-state index contributed by atoms with van der Waals surface area (Å²) in [7, 11) is 10.1. The first-order chi connectivity index (χ1) is 39.3. The normalized spacial score (nSPS) is 26.1. The Hall–Kier alpha value is -6.61. The van der Waals surface area contributed by atoms with Crippen molar-refractivity contribution in [2.45, 2.75) is 204 Å². The zero-order valence-electron chi connectivity index (χ0n) is 55.8. The molecule has 0 spiro atoms. The van der Waals surface area contributed by atoms with Gasteiger partial charge in [0.05, 0.1) is 6.54 Å². The lowest BCUT2D eigenvalue weighted by Crippen LogP contribution is -2.61. The van der Waals surface area contributed by atoms with E-state index < -0.39 is 138 Å². The molecule has 22 nitrogen and oxygen atoms in total. The van der Waals surface area contributed by atoms with Crippen LogP contribution in [0.2, 0.25) is 0 Å². The van der Waals surface area contributed by atoms with Crippen molar-refractivity contribution < 1.29 is 52.7 Å². The largest absolute Gasteiger partial charge is 0.343 e.